The van der Waals surface area contributed by atoms with Crippen molar-refractivity contribution in [2.45, 2.75) is 32.7 Å². The van der Waals surface area contributed by atoms with E-state index in [1.807, 2.05) is 6.92 Å². The molecule has 0 aromatic heterocycles. The van der Waals surface area contributed by atoms with E-state index < -0.39 is 36.4 Å². The maximum Gasteiger partial charge on any atom is 0.338 e. The number of methoxy groups -OCH3 is 1. The topological polar surface area (TPSA) is 135 Å². The number of esters is 2. The Balaban J connectivity index is 2.59. The fourth-order valence-electron chi connectivity index (χ4n) is 2.19. The van der Waals surface area contributed by atoms with Gasteiger partial charge in [0, 0.05) is 5.69 Å². The third kappa shape index (κ3) is 7.07. The number of nitrogens with zero attached hydrogens (tertiary/aromatic N) is 1. The highest BCUT2D eigenvalue weighted by Gasteiger charge is 2.27. The van der Waals surface area contributed by atoms with Crippen molar-refractivity contribution >= 4 is 29.4 Å². The van der Waals surface area contributed by atoms with E-state index in [1.54, 1.807) is 13.0 Å². The van der Waals surface area contributed by atoms with Crippen LogP contribution in [0.1, 0.15) is 37.0 Å². The summed E-state index contributed by atoms with van der Waals surface area (Å²) in [4.78, 5) is 47.1. The number of nitrogens with one attached hydrogen (secondary N) is 2. The average molecular weight is 389 g/mol. The van der Waals surface area contributed by atoms with E-state index in [1.165, 1.54) is 31.4 Å². The van der Waals surface area contributed by atoms with E-state index >= 15 is 0 Å². The number of amides is 2. The first-order valence-corrected chi connectivity index (χ1v) is 8.63. The largest absolute Gasteiger partial charge is 0.467 e. The minimum absolute atomic E-state index is 0.143. The quantitative estimate of drug-likeness (QED) is 0.610. The second-order valence-corrected chi connectivity index (χ2v) is 5.99. The van der Waals surface area contributed by atoms with Crippen LogP contribution in [-0.4, -0.2) is 43.5 Å². The molecule has 1 aromatic rings. The van der Waals surface area contributed by atoms with Crippen LogP contribution >= 0.6 is 0 Å². The van der Waals surface area contributed by atoms with Crippen molar-refractivity contribution in [2.75, 3.05) is 19.0 Å². The highest BCUT2D eigenvalue weighted by molar-refractivity contribution is 5.94. The molecule has 0 spiro atoms. The molecule has 2 N–H and O–H groups in total. The lowest BCUT2D eigenvalue weighted by molar-refractivity contribution is -0.147. The SMILES string of the molecule is CC[C@@H](C)[C@@H](NC(=O)COC(=O)c1ccc(NC(=O)CC#N)cc1)C(=O)OC. The number of carbonyl (C=O) groups excluding carboxylic acids is 4. The predicted octanol–water partition coefficient (Wildman–Crippen LogP) is 1.40. The lowest BCUT2D eigenvalue weighted by atomic mass is 9.99. The van der Waals surface area contributed by atoms with Crippen LogP contribution in [0, 0.1) is 17.2 Å². The van der Waals surface area contributed by atoms with Crippen LogP contribution in [0.2, 0.25) is 0 Å². The van der Waals surface area contributed by atoms with Gasteiger partial charge in [-0.3, -0.25) is 9.59 Å². The first-order chi connectivity index (χ1) is 13.3. The second kappa shape index (κ2) is 11.3. The van der Waals surface area contributed by atoms with Crippen LogP contribution in [0.5, 0.6) is 0 Å². The maximum absolute atomic E-state index is 12.0. The minimum atomic E-state index is -0.822. The molecule has 0 fully saturated rings. The summed E-state index contributed by atoms with van der Waals surface area (Å²) in [7, 11) is 1.23. The van der Waals surface area contributed by atoms with Crippen molar-refractivity contribution in [3.8, 4) is 6.07 Å². The van der Waals surface area contributed by atoms with Gasteiger partial charge in [-0.05, 0) is 30.2 Å². The third-order valence-corrected chi connectivity index (χ3v) is 3.96. The highest BCUT2D eigenvalue weighted by Crippen LogP contribution is 2.12. The predicted molar refractivity (Wildman–Crippen MR) is 99.0 cm³/mol. The zero-order valence-electron chi connectivity index (χ0n) is 16.0. The highest BCUT2D eigenvalue weighted by atomic mass is 16.5. The van der Waals surface area contributed by atoms with E-state index in [4.69, 9.17) is 10.00 Å². The summed E-state index contributed by atoms with van der Waals surface area (Å²) in [6.45, 7) is 3.12. The molecule has 0 aliphatic carbocycles. The van der Waals surface area contributed by atoms with Gasteiger partial charge in [-0.15, -0.1) is 0 Å². The van der Waals surface area contributed by atoms with Gasteiger partial charge in [-0.25, -0.2) is 9.59 Å². The standard InChI is InChI=1S/C19H23N3O6/c1-4-12(2)17(19(26)27-3)22-16(24)11-28-18(25)13-5-7-14(8-6-13)21-15(23)9-10-20/h5-8,12,17H,4,9,11H2,1-3H3,(H,21,23)(H,22,24)/t12-,17-/m1/s1. The Bertz CT molecular complexity index is 754. The van der Waals surface area contributed by atoms with Gasteiger partial charge < -0.3 is 20.1 Å². The Labute approximate surface area is 163 Å². The molecule has 0 unspecified atom stereocenters. The van der Waals surface area contributed by atoms with Crippen LogP contribution in [-0.2, 0) is 23.9 Å². The van der Waals surface area contributed by atoms with Crippen LogP contribution in [0.25, 0.3) is 0 Å². The maximum atomic E-state index is 12.0. The van der Waals surface area contributed by atoms with E-state index in [0.717, 1.165) is 0 Å². The Kier molecular flexibility index (Phi) is 9.16. The van der Waals surface area contributed by atoms with E-state index in [2.05, 4.69) is 15.4 Å². The molecule has 0 aliphatic rings. The van der Waals surface area contributed by atoms with Crippen molar-refractivity contribution < 1.29 is 28.7 Å². The fourth-order valence-corrected chi connectivity index (χ4v) is 2.19. The molecular weight excluding hydrogens is 366 g/mol. The van der Waals surface area contributed by atoms with Crippen LogP contribution in [0.15, 0.2) is 24.3 Å². The summed E-state index contributed by atoms with van der Waals surface area (Å²) in [6.07, 6.45) is 0.374. The molecule has 0 aliphatic heterocycles. The Morgan fingerprint density at radius 3 is 2.32 bits per heavy atom. The molecule has 0 saturated carbocycles. The van der Waals surface area contributed by atoms with E-state index in [0.29, 0.717) is 12.1 Å². The number of carbonyl (C=O) groups is 4. The van der Waals surface area contributed by atoms with Gasteiger partial charge in [0.05, 0.1) is 18.7 Å². The number of nitriles is 1. The van der Waals surface area contributed by atoms with Gasteiger partial charge >= 0.3 is 11.9 Å². The molecule has 1 aromatic carbocycles. The molecule has 0 heterocycles. The molecule has 0 bridgehead atoms. The van der Waals surface area contributed by atoms with Crippen LogP contribution < -0.4 is 10.6 Å². The number of benzene rings is 1. The van der Waals surface area contributed by atoms with Gasteiger partial charge in [-0.2, -0.15) is 5.26 Å². The summed E-state index contributed by atoms with van der Waals surface area (Å²) >= 11 is 0. The summed E-state index contributed by atoms with van der Waals surface area (Å²) in [5.41, 5.74) is 0.599. The average Bonchev–Trinajstić information content (AvgIpc) is 2.69. The lowest BCUT2D eigenvalue weighted by Crippen LogP contribution is -2.47. The van der Waals surface area contributed by atoms with Gasteiger partial charge in [0.25, 0.3) is 5.91 Å². The normalized spacial score (nSPS) is 12.1. The number of anilines is 1. The molecule has 9 nitrogen and oxygen atoms in total. The minimum Gasteiger partial charge on any atom is -0.467 e. The summed E-state index contributed by atoms with van der Waals surface area (Å²) in [5.74, 6) is -2.53. The van der Waals surface area contributed by atoms with Crippen molar-refractivity contribution in [1.82, 2.24) is 5.32 Å². The molecule has 0 saturated heterocycles. The van der Waals surface area contributed by atoms with Gasteiger partial charge in [-0.1, -0.05) is 20.3 Å². The fraction of sp³-hybridized carbons (Fsp3) is 0.421. The molecule has 150 valence electrons. The smallest absolute Gasteiger partial charge is 0.338 e. The monoisotopic (exact) mass is 389 g/mol. The molecule has 1 rings (SSSR count). The lowest BCUT2D eigenvalue weighted by Gasteiger charge is -2.21. The molecule has 2 atom stereocenters. The summed E-state index contributed by atoms with van der Waals surface area (Å²) in [6, 6.07) is 6.68. The number of ether oxygens (including phenoxy) is 2. The second-order valence-electron chi connectivity index (χ2n) is 5.99. The third-order valence-electron chi connectivity index (χ3n) is 3.96. The Morgan fingerprint density at radius 1 is 1.14 bits per heavy atom. The van der Waals surface area contributed by atoms with Crippen molar-refractivity contribution in [2.24, 2.45) is 5.92 Å². The Hall–Kier alpha value is -3.41. The van der Waals surface area contributed by atoms with Crippen LogP contribution in [0.3, 0.4) is 0 Å². The number of hydrogen-bond acceptors (Lipinski definition) is 7. The van der Waals surface area contributed by atoms with Crippen molar-refractivity contribution in [1.29, 1.82) is 5.26 Å². The van der Waals surface area contributed by atoms with Crippen molar-refractivity contribution in [3.63, 3.8) is 0 Å². The number of hydrogen-bond donors (Lipinski definition) is 2. The zero-order valence-corrected chi connectivity index (χ0v) is 16.0. The van der Waals surface area contributed by atoms with E-state index in [-0.39, 0.29) is 17.9 Å². The zero-order chi connectivity index (χ0) is 21.1. The molecule has 28 heavy (non-hydrogen) atoms. The van der Waals surface area contributed by atoms with Crippen molar-refractivity contribution in [3.05, 3.63) is 29.8 Å². The summed E-state index contributed by atoms with van der Waals surface area (Å²) in [5, 5.41) is 13.4. The molecule has 2 amide bonds. The summed E-state index contributed by atoms with van der Waals surface area (Å²) < 4.78 is 9.62. The van der Waals surface area contributed by atoms with Gasteiger partial charge in [0.2, 0.25) is 5.91 Å². The first-order valence-electron chi connectivity index (χ1n) is 8.63. The van der Waals surface area contributed by atoms with Crippen LogP contribution in [0.4, 0.5) is 5.69 Å². The molecule has 9 heteroatoms. The first kappa shape index (κ1) is 22.6. The molecular formula is C19H23N3O6. The number of rotatable bonds is 9. The Morgan fingerprint density at radius 2 is 1.79 bits per heavy atom. The van der Waals surface area contributed by atoms with E-state index in [9.17, 15) is 19.2 Å². The van der Waals surface area contributed by atoms with Gasteiger partial charge in [0.1, 0.15) is 12.5 Å². The molecule has 0 radical (unpaired) electrons. The van der Waals surface area contributed by atoms with Gasteiger partial charge in [0.15, 0.2) is 6.61 Å².